The van der Waals surface area contributed by atoms with Crippen molar-refractivity contribution in [2.75, 3.05) is 4.90 Å². The number of aromatic nitrogens is 3. The van der Waals surface area contributed by atoms with Crippen molar-refractivity contribution < 1.29 is 18.0 Å². The van der Waals surface area contributed by atoms with E-state index in [0.717, 1.165) is 25.0 Å². The predicted octanol–water partition coefficient (Wildman–Crippen LogP) is 3.13. The van der Waals surface area contributed by atoms with Crippen LogP contribution in [0.1, 0.15) is 25.3 Å². The highest BCUT2D eigenvalue weighted by Crippen LogP contribution is 2.38. The summed E-state index contributed by atoms with van der Waals surface area (Å²) < 4.78 is 40.3. The Bertz CT molecular complexity index is 710. The van der Waals surface area contributed by atoms with Crippen LogP contribution in [-0.4, -0.2) is 26.9 Å². The van der Waals surface area contributed by atoms with Gasteiger partial charge in [0.05, 0.1) is 11.8 Å². The molecule has 5 nitrogen and oxygen atoms in total. The van der Waals surface area contributed by atoms with Crippen LogP contribution in [0.5, 0.6) is 0 Å². The number of alkyl halides is 3. The molecule has 0 aliphatic heterocycles. The number of nitrogens with zero attached hydrogens (tertiary/aromatic N) is 4. The first-order valence-electron chi connectivity index (χ1n) is 7.69. The number of carbonyl (C=O) groups excluding carboxylic acids is 1. The number of carbonyl (C=O) groups is 1. The van der Waals surface area contributed by atoms with Crippen LogP contribution in [0, 0.1) is 5.92 Å². The molecule has 1 fully saturated rings. The van der Waals surface area contributed by atoms with Crippen molar-refractivity contribution in [1.82, 2.24) is 15.0 Å². The van der Waals surface area contributed by atoms with E-state index in [9.17, 15) is 18.0 Å². The smallest absolute Gasteiger partial charge is 0.308 e. The lowest BCUT2D eigenvalue weighted by Crippen LogP contribution is -2.42. The number of rotatable bonds is 5. The third-order valence-electron chi connectivity index (χ3n) is 4.20. The fraction of sp³-hybridized carbons (Fsp3) is 0.438. The molecule has 1 aromatic heterocycles. The first-order chi connectivity index (χ1) is 11.4. The van der Waals surface area contributed by atoms with Crippen LogP contribution >= 0.6 is 0 Å². The molecule has 0 saturated heterocycles. The average molecular weight is 338 g/mol. The van der Waals surface area contributed by atoms with Crippen LogP contribution in [0.25, 0.3) is 0 Å². The minimum atomic E-state index is -4.44. The van der Waals surface area contributed by atoms with E-state index in [1.165, 1.54) is 27.9 Å². The Morgan fingerprint density at radius 2 is 2.17 bits per heavy atom. The topological polar surface area (TPSA) is 51.0 Å². The van der Waals surface area contributed by atoms with E-state index in [2.05, 4.69) is 10.3 Å². The maximum absolute atomic E-state index is 13.0. The summed E-state index contributed by atoms with van der Waals surface area (Å²) in [6, 6.07) is 4.73. The lowest BCUT2D eigenvalue weighted by molar-refractivity contribution is -0.137. The first-order valence-corrected chi connectivity index (χ1v) is 7.69. The summed E-state index contributed by atoms with van der Waals surface area (Å²) in [5.41, 5.74) is -0.504. The molecular formula is C16H17F3N4O. The quantitative estimate of drug-likeness (QED) is 0.842. The molecule has 0 radical (unpaired) electrons. The Morgan fingerprint density at radius 1 is 1.42 bits per heavy atom. The molecule has 0 N–H and O–H groups in total. The molecule has 0 bridgehead atoms. The number of halogens is 3. The number of hydrogen-bond acceptors (Lipinski definition) is 3. The monoisotopic (exact) mass is 338 g/mol. The van der Waals surface area contributed by atoms with Crippen molar-refractivity contribution in [2.24, 2.45) is 5.92 Å². The van der Waals surface area contributed by atoms with Crippen LogP contribution < -0.4 is 4.90 Å². The zero-order valence-corrected chi connectivity index (χ0v) is 13.1. The molecule has 1 heterocycles. The summed E-state index contributed by atoms with van der Waals surface area (Å²) in [5.74, 6) is 0.0125. The van der Waals surface area contributed by atoms with E-state index < -0.39 is 11.7 Å². The normalized spacial score (nSPS) is 16.0. The minimum absolute atomic E-state index is 0.0622. The molecule has 128 valence electrons. The van der Waals surface area contributed by atoms with Crippen LogP contribution in [0.2, 0.25) is 0 Å². The van der Waals surface area contributed by atoms with E-state index in [-0.39, 0.29) is 24.2 Å². The molecule has 1 aliphatic rings. The third kappa shape index (κ3) is 3.58. The van der Waals surface area contributed by atoms with E-state index in [1.807, 2.05) is 6.92 Å². The second kappa shape index (κ2) is 6.26. The molecule has 3 rings (SSSR count). The molecule has 8 heteroatoms. The van der Waals surface area contributed by atoms with Gasteiger partial charge in [0.15, 0.2) is 0 Å². The fourth-order valence-corrected chi connectivity index (χ4v) is 2.76. The Morgan fingerprint density at radius 3 is 2.75 bits per heavy atom. The second-order valence-electron chi connectivity index (χ2n) is 5.99. The molecule has 24 heavy (non-hydrogen) atoms. The zero-order chi connectivity index (χ0) is 17.3. The standard InChI is InChI=1S/C16H17F3N4O/c1-11(12-5-6-12)23(15(24)10-22-8-7-20-21-22)14-4-2-3-13(9-14)16(17,18)19/h2-4,7-9,11-12H,5-6,10H2,1H3/t11-/m1/s1. The molecular weight excluding hydrogens is 321 g/mol. The molecule has 0 unspecified atom stereocenters. The largest absolute Gasteiger partial charge is 0.416 e. The maximum atomic E-state index is 13.0. The van der Waals surface area contributed by atoms with Crippen molar-refractivity contribution >= 4 is 11.6 Å². The molecule has 2 aromatic rings. The van der Waals surface area contributed by atoms with Gasteiger partial charge < -0.3 is 4.90 Å². The van der Waals surface area contributed by atoms with Crippen LogP contribution in [-0.2, 0) is 17.5 Å². The van der Waals surface area contributed by atoms with Crippen molar-refractivity contribution in [1.29, 1.82) is 0 Å². The number of benzene rings is 1. The summed E-state index contributed by atoms with van der Waals surface area (Å²) >= 11 is 0. The molecule has 1 amide bonds. The summed E-state index contributed by atoms with van der Waals surface area (Å²) in [6.45, 7) is 1.81. The van der Waals surface area contributed by atoms with Gasteiger partial charge in [-0.25, -0.2) is 4.68 Å². The van der Waals surface area contributed by atoms with Gasteiger partial charge in [-0.3, -0.25) is 4.79 Å². The SMILES string of the molecule is C[C@H](C1CC1)N(C(=O)Cn1ccnn1)c1cccc(C(F)(F)F)c1. The van der Waals surface area contributed by atoms with E-state index in [0.29, 0.717) is 5.92 Å². The highest BCUT2D eigenvalue weighted by molar-refractivity contribution is 5.94. The van der Waals surface area contributed by atoms with Gasteiger partial charge in [0.1, 0.15) is 6.54 Å². The molecule has 1 aromatic carbocycles. The summed E-state index contributed by atoms with van der Waals surface area (Å²) in [5, 5.41) is 7.39. The van der Waals surface area contributed by atoms with Gasteiger partial charge in [0.2, 0.25) is 5.91 Å². The van der Waals surface area contributed by atoms with Gasteiger partial charge in [-0.05, 0) is 43.9 Å². The van der Waals surface area contributed by atoms with E-state index >= 15 is 0 Å². The molecule has 1 aliphatic carbocycles. The van der Waals surface area contributed by atoms with Gasteiger partial charge in [-0.1, -0.05) is 11.3 Å². The van der Waals surface area contributed by atoms with Gasteiger partial charge in [-0.15, -0.1) is 5.10 Å². The highest BCUT2D eigenvalue weighted by atomic mass is 19.4. The Kier molecular flexibility index (Phi) is 4.29. The van der Waals surface area contributed by atoms with Crippen molar-refractivity contribution in [3.8, 4) is 0 Å². The van der Waals surface area contributed by atoms with Gasteiger partial charge in [0, 0.05) is 17.9 Å². The van der Waals surface area contributed by atoms with Crippen LogP contribution in [0.3, 0.4) is 0 Å². The second-order valence-corrected chi connectivity index (χ2v) is 5.99. The average Bonchev–Trinajstić information content (AvgIpc) is 3.26. The Labute approximate surface area is 137 Å². The van der Waals surface area contributed by atoms with Gasteiger partial charge in [-0.2, -0.15) is 13.2 Å². The minimum Gasteiger partial charge on any atom is -0.308 e. The molecule has 1 saturated carbocycles. The number of anilines is 1. The first kappa shape index (κ1) is 16.5. The Hall–Kier alpha value is -2.38. The lowest BCUT2D eigenvalue weighted by atomic mass is 10.1. The zero-order valence-electron chi connectivity index (χ0n) is 13.1. The summed E-state index contributed by atoms with van der Waals surface area (Å²) in [6.07, 6.45) is 0.510. The number of hydrogen-bond donors (Lipinski definition) is 0. The number of amides is 1. The predicted molar refractivity (Wildman–Crippen MR) is 81.1 cm³/mol. The van der Waals surface area contributed by atoms with Crippen molar-refractivity contribution in [2.45, 2.75) is 38.5 Å². The summed E-state index contributed by atoms with van der Waals surface area (Å²) in [7, 11) is 0. The van der Waals surface area contributed by atoms with Crippen molar-refractivity contribution in [3.05, 3.63) is 42.2 Å². The van der Waals surface area contributed by atoms with Gasteiger partial charge >= 0.3 is 6.18 Å². The Balaban J connectivity index is 1.91. The third-order valence-corrected chi connectivity index (χ3v) is 4.20. The maximum Gasteiger partial charge on any atom is 0.416 e. The van der Waals surface area contributed by atoms with Crippen LogP contribution in [0.4, 0.5) is 18.9 Å². The lowest BCUT2D eigenvalue weighted by Gasteiger charge is -2.30. The van der Waals surface area contributed by atoms with Crippen molar-refractivity contribution in [3.63, 3.8) is 0 Å². The fourth-order valence-electron chi connectivity index (χ4n) is 2.76. The van der Waals surface area contributed by atoms with E-state index in [4.69, 9.17) is 0 Å². The van der Waals surface area contributed by atoms with E-state index in [1.54, 1.807) is 6.20 Å². The molecule has 0 spiro atoms. The van der Waals surface area contributed by atoms with Gasteiger partial charge in [0.25, 0.3) is 0 Å². The highest BCUT2D eigenvalue weighted by Gasteiger charge is 2.36. The molecule has 1 atom stereocenters. The summed E-state index contributed by atoms with van der Waals surface area (Å²) in [4.78, 5) is 14.2. The van der Waals surface area contributed by atoms with Crippen LogP contribution in [0.15, 0.2) is 36.7 Å².